The highest BCUT2D eigenvalue weighted by Gasteiger charge is 2.22. The maximum absolute atomic E-state index is 11.6. The topological polar surface area (TPSA) is 58.0 Å². The zero-order chi connectivity index (χ0) is 14.7. The number of hydrogen-bond donors (Lipinski definition) is 1. The maximum Gasteiger partial charge on any atom is 0.341 e. The van der Waals surface area contributed by atoms with Gasteiger partial charge in [0.05, 0.1) is 18.8 Å². The molecule has 0 atom stereocenters. The summed E-state index contributed by atoms with van der Waals surface area (Å²) in [5.74, 6) is 0.294. The van der Waals surface area contributed by atoms with Crippen molar-refractivity contribution in [2.45, 2.75) is 19.8 Å². The monoisotopic (exact) mass is 309 g/mol. The Balaban J connectivity index is 1.57. The molecule has 0 bridgehead atoms. The lowest BCUT2D eigenvalue weighted by Crippen LogP contribution is -2.37. The van der Waals surface area contributed by atoms with E-state index in [2.05, 4.69) is 14.7 Å². The Morgan fingerprint density at radius 2 is 2.29 bits per heavy atom. The van der Waals surface area contributed by atoms with E-state index in [1.165, 1.54) is 19.1 Å². The first-order valence-electron chi connectivity index (χ1n) is 7.16. The lowest BCUT2D eigenvalue weighted by Gasteiger charge is -2.22. The lowest BCUT2D eigenvalue weighted by molar-refractivity contribution is 0.0525. The van der Waals surface area contributed by atoms with Gasteiger partial charge in [-0.15, -0.1) is 4.41 Å². The zero-order valence-electron chi connectivity index (χ0n) is 12.0. The Labute approximate surface area is 128 Å². The average molecular weight is 309 g/mol. The summed E-state index contributed by atoms with van der Waals surface area (Å²) in [6, 6.07) is 1.71. The van der Waals surface area contributed by atoms with Crippen LogP contribution in [0.4, 0.5) is 0 Å². The second-order valence-corrected chi connectivity index (χ2v) is 5.90. The Morgan fingerprint density at radius 3 is 3.05 bits per heavy atom. The van der Waals surface area contributed by atoms with Gasteiger partial charge in [-0.2, -0.15) is 0 Å². The minimum absolute atomic E-state index is 0.354. The highest BCUT2D eigenvalue weighted by atomic mass is 32.2. The minimum Gasteiger partial charge on any atom is -0.462 e. The molecule has 6 nitrogen and oxygen atoms in total. The quantitative estimate of drug-likeness (QED) is 0.661. The van der Waals surface area contributed by atoms with Gasteiger partial charge in [-0.25, -0.2) is 4.79 Å². The van der Waals surface area contributed by atoms with Crippen LogP contribution in [0.25, 0.3) is 5.70 Å². The number of likely N-dealkylation sites (tertiary alicyclic amines) is 1. The number of esters is 1. The summed E-state index contributed by atoms with van der Waals surface area (Å²) in [6.07, 6.45) is 3.99. The van der Waals surface area contributed by atoms with E-state index in [9.17, 15) is 4.79 Å². The Kier molecular flexibility index (Phi) is 4.52. The van der Waals surface area contributed by atoms with Gasteiger partial charge in [0, 0.05) is 11.5 Å². The van der Waals surface area contributed by atoms with Crippen LogP contribution in [0.1, 0.15) is 35.9 Å². The molecule has 1 aromatic rings. The highest BCUT2D eigenvalue weighted by Crippen LogP contribution is 2.28. The first kappa shape index (κ1) is 14.5. The number of hydrazine groups is 1. The Hall–Kier alpha value is -1.44. The van der Waals surface area contributed by atoms with E-state index in [-0.39, 0.29) is 5.97 Å². The molecular formula is C14H19N3O3S. The zero-order valence-corrected chi connectivity index (χ0v) is 12.8. The largest absolute Gasteiger partial charge is 0.462 e. The van der Waals surface area contributed by atoms with Crippen LogP contribution in [0.2, 0.25) is 0 Å². The third kappa shape index (κ3) is 3.42. The van der Waals surface area contributed by atoms with E-state index in [1.54, 1.807) is 24.9 Å². The van der Waals surface area contributed by atoms with Crippen molar-refractivity contribution in [3.05, 3.63) is 29.1 Å². The third-order valence-corrected chi connectivity index (χ3v) is 4.25. The van der Waals surface area contributed by atoms with Crippen molar-refractivity contribution in [3.8, 4) is 0 Å². The molecule has 1 saturated heterocycles. The van der Waals surface area contributed by atoms with E-state index in [0.29, 0.717) is 17.9 Å². The average Bonchev–Trinajstić information content (AvgIpc) is 3.20. The van der Waals surface area contributed by atoms with Gasteiger partial charge in [-0.05, 0) is 44.8 Å². The molecule has 0 aliphatic carbocycles. The van der Waals surface area contributed by atoms with Crippen LogP contribution in [0.5, 0.6) is 0 Å². The van der Waals surface area contributed by atoms with E-state index in [0.717, 1.165) is 25.5 Å². The van der Waals surface area contributed by atoms with E-state index in [1.807, 2.05) is 5.41 Å². The van der Waals surface area contributed by atoms with Crippen LogP contribution in [0.3, 0.4) is 0 Å². The molecule has 0 unspecified atom stereocenters. The molecule has 0 saturated carbocycles. The van der Waals surface area contributed by atoms with Gasteiger partial charge in [0.15, 0.2) is 5.76 Å². The summed E-state index contributed by atoms with van der Waals surface area (Å²) < 4.78 is 12.5. The summed E-state index contributed by atoms with van der Waals surface area (Å²) in [4.78, 5) is 14.0. The standard InChI is InChI=1S/C14H19N3O3S/c1-2-19-14(18)11-7-13(20-8-11)12-9-21-17(15-12)10-16-5-3-4-6-16/h7-9,15H,2-6,10H2,1H3. The molecule has 7 heteroatoms. The SMILES string of the molecule is CCOC(=O)c1coc(C2=CSN(CN3CCCC3)N2)c1. The smallest absolute Gasteiger partial charge is 0.341 e. The molecular weight excluding hydrogens is 290 g/mol. The number of carbonyl (C=O) groups is 1. The van der Waals surface area contributed by atoms with E-state index < -0.39 is 0 Å². The number of nitrogens with zero attached hydrogens (tertiary/aromatic N) is 2. The third-order valence-electron chi connectivity index (χ3n) is 3.45. The van der Waals surface area contributed by atoms with Crippen LogP contribution in [-0.2, 0) is 4.74 Å². The number of carbonyl (C=O) groups excluding carboxylic acids is 1. The van der Waals surface area contributed by atoms with Gasteiger partial charge >= 0.3 is 5.97 Å². The fourth-order valence-electron chi connectivity index (χ4n) is 2.39. The highest BCUT2D eigenvalue weighted by molar-refractivity contribution is 8.00. The molecule has 1 fully saturated rings. The van der Waals surface area contributed by atoms with Crippen LogP contribution in [-0.4, -0.2) is 41.6 Å². The fraction of sp³-hybridized carbons (Fsp3) is 0.500. The molecule has 3 heterocycles. The number of ether oxygens (including phenoxy) is 1. The second-order valence-electron chi connectivity index (χ2n) is 5.01. The Bertz CT molecular complexity index is 537. The molecule has 1 N–H and O–H groups in total. The summed E-state index contributed by atoms with van der Waals surface area (Å²) in [6.45, 7) is 5.33. The first-order valence-corrected chi connectivity index (χ1v) is 7.99. The Morgan fingerprint density at radius 1 is 1.48 bits per heavy atom. The van der Waals surface area contributed by atoms with E-state index in [4.69, 9.17) is 9.15 Å². The van der Waals surface area contributed by atoms with Crippen LogP contribution < -0.4 is 5.43 Å². The number of hydrogen-bond acceptors (Lipinski definition) is 7. The van der Waals surface area contributed by atoms with Gasteiger partial charge in [0.25, 0.3) is 0 Å². The number of rotatable bonds is 5. The van der Waals surface area contributed by atoms with E-state index >= 15 is 0 Å². The van der Waals surface area contributed by atoms with Crippen LogP contribution >= 0.6 is 11.9 Å². The van der Waals surface area contributed by atoms with Crippen molar-refractivity contribution in [2.24, 2.45) is 0 Å². The van der Waals surface area contributed by atoms with Crippen molar-refractivity contribution in [2.75, 3.05) is 26.4 Å². The predicted molar refractivity (Wildman–Crippen MR) is 80.9 cm³/mol. The van der Waals surface area contributed by atoms with Crippen molar-refractivity contribution in [3.63, 3.8) is 0 Å². The molecule has 0 spiro atoms. The van der Waals surface area contributed by atoms with Crippen molar-refractivity contribution in [1.82, 2.24) is 14.7 Å². The maximum atomic E-state index is 11.6. The van der Waals surface area contributed by atoms with Crippen LogP contribution in [0, 0.1) is 0 Å². The summed E-state index contributed by atoms with van der Waals surface area (Å²) in [5, 5.41) is 1.99. The molecule has 0 amide bonds. The molecule has 21 heavy (non-hydrogen) atoms. The molecule has 1 aromatic heterocycles. The molecule has 3 rings (SSSR count). The number of nitrogens with one attached hydrogen (secondary N) is 1. The van der Waals surface area contributed by atoms with Crippen molar-refractivity contribution >= 4 is 23.6 Å². The van der Waals surface area contributed by atoms with Gasteiger partial charge < -0.3 is 14.6 Å². The fourth-order valence-corrected chi connectivity index (χ4v) is 3.17. The minimum atomic E-state index is -0.354. The first-order chi connectivity index (χ1) is 10.3. The van der Waals surface area contributed by atoms with Crippen molar-refractivity contribution < 1.29 is 13.9 Å². The van der Waals surface area contributed by atoms with Gasteiger partial charge in [-0.1, -0.05) is 0 Å². The summed E-state index contributed by atoms with van der Waals surface area (Å²) in [7, 11) is 0. The summed E-state index contributed by atoms with van der Waals surface area (Å²) in [5.41, 5.74) is 4.60. The second kappa shape index (κ2) is 6.55. The molecule has 2 aliphatic rings. The number of furan rings is 1. The van der Waals surface area contributed by atoms with Gasteiger partial charge in [-0.3, -0.25) is 4.90 Å². The van der Waals surface area contributed by atoms with Gasteiger partial charge in [0.1, 0.15) is 12.0 Å². The summed E-state index contributed by atoms with van der Waals surface area (Å²) >= 11 is 1.60. The van der Waals surface area contributed by atoms with Crippen molar-refractivity contribution in [1.29, 1.82) is 0 Å². The van der Waals surface area contributed by atoms with Gasteiger partial charge in [0.2, 0.25) is 0 Å². The molecule has 0 radical (unpaired) electrons. The predicted octanol–water partition coefficient (Wildman–Crippen LogP) is 2.28. The normalized spacial score (nSPS) is 19.6. The van der Waals surface area contributed by atoms with Crippen LogP contribution in [0.15, 0.2) is 22.2 Å². The lowest BCUT2D eigenvalue weighted by atomic mass is 10.3. The molecule has 114 valence electrons. The molecule has 2 aliphatic heterocycles. The molecule has 0 aromatic carbocycles.